The second-order valence-electron chi connectivity index (χ2n) is 6.42. The Morgan fingerprint density at radius 3 is 2.52 bits per heavy atom. The number of ether oxygens (including phenoxy) is 1. The molecule has 0 radical (unpaired) electrons. The highest BCUT2D eigenvalue weighted by molar-refractivity contribution is 6.30. The summed E-state index contributed by atoms with van der Waals surface area (Å²) in [5.41, 5.74) is 4.84. The number of rotatable bonds is 6. The van der Waals surface area contributed by atoms with Gasteiger partial charge >= 0.3 is 0 Å². The van der Waals surface area contributed by atoms with Crippen molar-refractivity contribution in [1.29, 1.82) is 0 Å². The van der Waals surface area contributed by atoms with E-state index in [1.807, 2.05) is 30.7 Å². The summed E-state index contributed by atoms with van der Waals surface area (Å²) in [7, 11) is 0. The number of hydrogen-bond donors (Lipinski definition) is 1. The summed E-state index contributed by atoms with van der Waals surface area (Å²) in [4.78, 5) is 12.3. The lowest BCUT2D eigenvalue weighted by Crippen LogP contribution is -2.21. The van der Waals surface area contributed by atoms with Gasteiger partial charge in [-0.3, -0.25) is 9.48 Å². The minimum absolute atomic E-state index is 0.0799. The van der Waals surface area contributed by atoms with Crippen molar-refractivity contribution in [2.45, 2.75) is 27.3 Å². The number of nitrogens with zero attached hydrogens (tertiary/aromatic N) is 2. The van der Waals surface area contributed by atoms with Crippen molar-refractivity contribution in [3.05, 3.63) is 76.1 Å². The average Bonchev–Trinajstić information content (AvgIpc) is 2.90. The summed E-state index contributed by atoms with van der Waals surface area (Å²) in [6.45, 7) is 6.50. The lowest BCUT2D eigenvalue weighted by Gasteiger charge is -2.10. The van der Waals surface area contributed by atoms with Gasteiger partial charge in [-0.05, 0) is 56.2 Å². The third-order valence-corrected chi connectivity index (χ3v) is 4.66. The van der Waals surface area contributed by atoms with Crippen molar-refractivity contribution in [2.24, 2.45) is 0 Å². The van der Waals surface area contributed by atoms with E-state index in [1.165, 1.54) is 11.1 Å². The fraction of sp³-hybridized carbons (Fsp3) is 0.238. The van der Waals surface area contributed by atoms with Crippen LogP contribution in [0, 0.1) is 20.8 Å². The maximum Gasteiger partial charge on any atom is 0.262 e. The molecule has 0 bridgehead atoms. The molecule has 0 aliphatic carbocycles. The van der Waals surface area contributed by atoms with Crippen molar-refractivity contribution in [1.82, 2.24) is 9.78 Å². The predicted octanol–water partition coefficient (Wildman–Crippen LogP) is 4.53. The summed E-state index contributed by atoms with van der Waals surface area (Å²) in [6, 6.07) is 15.1. The Bertz CT molecular complexity index is 949. The molecule has 0 unspecified atom stereocenters. The van der Waals surface area contributed by atoms with E-state index in [1.54, 1.807) is 24.3 Å². The average molecular weight is 384 g/mol. The summed E-state index contributed by atoms with van der Waals surface area (Å²) in [6.07, 6.45) is 0. The van der Waals surface area contributed by atoms with Crippen LogP contribution in [0.25, 0.3) is 0 Å². The molecule has 0 aliphatic rings. The molecule has 0 fully saturated rings. The monoisotopic (exact) mass is 383 g/mol. The highest BCUT2D eigenvalue weighted by Crippen LogP contribution is 2.21. The van der Waals surface area contributed by atoms with Gasteiger partial charge < -0.3 is 10.1 Å². The van der Waals surface area contributed by atoms with Crippen molar-refractivity contribution >= 4 is 23.2 Å². The van der Waals surface area contributed by atoms with Crippen molar-refractivity contribution in [2.75, 3.05) is 11.9 Å². The summed E-state index contributed by atoms with van der Waals surface area (Å²) in [5, 5.41) is 8.11. The number of carbonyl (C=O) groups excluding carboxylic acids is 1. The lowest BCUT2D eigenvalue weighted by molar-refractivity contribution is -0.118. The Labute approximate surface area is 163 Å². The van der Waals surface area contributed by atoms with Gasteiger partial charge in [0.25, 0.3) is 5.91 Å². The Kier molecular flexibility index (Phi) is 5.81. The topological polar surface area (TPSA) is 56.2 Å². The maximum absolute atomic E-state index is 12.3. The van der Waals surface area contributed by atoms with Crippen molar-refractivity contribution in [3.63, 3.8) is 0 Å². The fourth-order valence-electron chi connectivity index (χ4n) is 2.84. The first-order valence-corrected chi connectivity index (χ1v) is 9.08. The molecule has 0 spiro atoms. The molecular weight excluding hydrogens is 362 g/mol. The SMILES string of the molecule is Cc1ccccc1Cn1nc(C)c(NC(=O)COc2ccc(Cl)cc2)c1C. The molecule has 140 valence electrons. The maximum atomic E-state index is 12.3. The molecule has 1 aromatic heterocycles. The number of anilines is 1. The number of aryl methyl sites for hydroxylation is 2. The smallest absolute Gasteiger partial charge is 0.262 e. The lowest BCUT2D eigenvalue weighted by atomic mass is 10.1. The Hall–Kier alpha value is -2.79. The largest absolute Gasteiger partial charge is 0.484 e. The molecule has 3 rings (SSSR count). The molecule has 1 N–H and O–H groups in total. The van der Waals surface area contributed by atoms with Crippen LogP contribution in [-0.4, -0.2) is 22.3 Å². The van der Waals surface area contributed by atoms with Crippen LogP contribution in [0.2, 0.25) is 5.02 Å². The zero-order valence-electron chi connectivity index (χ0n) is 15.6. The number of amides is 1. The highest BCUT2D eigenvalue weighted by atomic mass is 35.5. The number of hydrogen-bond acceptors (Lipinski definition) is 3. The van der Waals surface area contributed by atoms with E-state index in [-0.39, 0.29) is 12.5 Å². The van der Waals surface area contributed by atoms with Gasteiger partial charge in [0, 0.05) is 5.02 Å². The highest BCUT2D eigenvalue weighted by Gasteiger charge is 2.15. The van der Waals surface area contributed by atoms with Crippen LogP contribution in [0.1, 0.15) is 22.5 Å². The molecule has 2 aromatic carbocycles. The molecule has 0 saturated carbocycles. The van der Waals surface area contributed by atoms with Crippen LogP contribution in [0.4, 0.5) is 5.69 Å². The summed E-state index contributed by atoms with van der Waals surface area (Å²) < 4.78 is 7.41. The minimum Gasteiger partial charge on any atom is -0.484 e. The zero-order chi connectivity index (χ0) is 19.4. The van der Waals surface area contributed by atoms with Crippen LogP contribution in [-0.2, 0) is 11.3 Å². The van der Waals surface area contributed by atoms with Crippen LogP contribution in [0.3, 0.4) is 0 Å². The standard InChI is InChI=1S/C21H22ClN3O2/c1-14-6-4-5-7-17(14)12-25-16(3)21(15(2)24-25)23-20(26)13-27-19-10-8-18(22)9-11-19/h4-11H,12-13H2,1-3H3,(H,23,26). The normalized spacial score (nSPS) is 10.7. The molecule has 5 nitrogen and oxygen atoms in total. The molecule has 0 atom stereocenters. The molecule has 0 saturated heterocycles. The van der Waals surface area contributed by atoms with E-state index in [2.05, 4.69) is 29.5 Å². The molecule has 1 heterocycles. The fourth-order valence-corrected chi connectivity index (χ4v) is 2.96. The Morgan fingerprint density at radius 1 is 1.11 bits per heavy atom. The van der Waals surface area contributed by atoms with Crippen LogP contribution in [0.15, 0.2) is 48.5 Å². The first-order valence-electron chi connectivity index (χ1n) is 8.71. The van der Waals surface area contributed by atoms with Gasteiger partial charge in [-0.15, -0.1) is 0 Å². The quantitative estimate of drug-likeness (QED) is 0.680. The number of halogens is 1. The van der Waals surface area contributed by atoms with Gasteiger partial charge in [0.15, 0.2) is 6.61 Å². The van der Waals surface area contributed by atoms with Gasteiger partial charge in [0.05, 0.1) is 23.6 Å². The number of nitrogens with one attached hydrogen (secondary N) is 1. The van der Waals surface area contributed by atoms with Gasteiger partial charge in [-0.25, -0.2) is 0 Å². The van der Waals surface area contributed by atoms with Gasteiger partial charge in [-0.2, -0.15) is 5.10 Å². The molecule has 3 aromatic rings. The number of aromatic nitrogens is 2. The molecule has 6 heteroatoms. The summed E-state index contributed by atoms with van der Waals surface area (Å²) >= 11 is 5.84. The van der Waals surface area contributed by atoms with E-state index in [0.29, 0.717) is 17.3 Å². The third-order valence-electron chi connectivity index (χ3n) is 4.41. The van der Waals surface area contributed by atoms with Crippen LogP contribution >= 0.6 is 11.6 Å². The van der Waals surface area contributed by atoms with Crippen LogP contribution < -0.4 is 10.1 Å². The summed E-state index contributed by atoms with van der Waals surface area (Å²) in [5.74, 6) is 0.366. The van der Waals surface area contributed by atoms with Gasteiger partial charge in [0.1, 0.15) is 5.75 Å². The van der Waals surface area contributed by atoms with Crippen molar-refractivity contribution < 1.29 is 9.53 Å². The van der Waals surface area contributed by atoms with E-state index in [4.69, 9.17) is 16.3 Å². The van der Waals surface area contributed by atoms with Crippen molar-refractivity contribution in [3.8, 4) is 5.75 Å². The second-order valence-corrected chi connectivity index (χ2v) is 6.86. The Morgan fingerprint density at radius 2 is 1.81 bits per heavy atom. The first-order chi connectivity index (χ1) is 12.9. The zero-order valence-corrected chi connectivity index (χ0v) is 16.4. The molecule has 1 amide bonds. The van der Waals surface area contributed by atoms with Gasteiger partial charge in [-0.1, -0.05) is 35.9 Å². The minimum atomic E-state index is -0.230. The first kappa shape index (κ1) is 19.0. The molecule has 0 aliphatic heterocycles. The molecular formula is C21H22ClN3O2. The predicted molar refractivity (Wildman–Crippen MR) is 108 cm³/mol. The number of carbonyl (C=O) groups is 1. The van der Waals surface area contributed by atoms with E-state index in [0.717, 1.165) is 17.1 Å². The third kappa shape index (κ3) is 4.68. The number of benzene rings is 2. The van der Waals surface area contributed by atoms with E-state index >= 15 is 0 Å². The molecule has 27 heavy (non-hydrogen) atoms. The van der Waals surface area contributed by atoms with Gasteiger partial charge in [0.2, 0.25) is 0 Å². The second kappa shape index (κ2) is 8.27. The Balaban J connectivity index is 1.66. The van der Waals surface area contributed by atoms with Crippen LogP contribution in [0.5, 0.6) is 5.75 Å². The van der Waals surface area contributed by atoms with E-state index in [9.17, 15) is 4.79 Å². The van der Waals surface area contributed by atoms with E-state index < -0.39 is 0 Å².